The zero-order valence-corrected chi connectivity index (χ0v) is 18.6. The average molecular weight is 447 g/mol. The van der Waals surface area contributed by atoms with Gasteiger partial charge in [0.05, 0.1) is 12.5 Å². The predicted molar refractivity (Wildman–Crippen MR) is 124 cm³/mol. The van der Waals surface area contributed by atoms with Gasteiger partial charge in [-0.05, 0) is 36.1 Å². The molecule has 0 spiro atoms. The molecule has 0 saturated carbocycles. The molecule has 2 aromatic carbocycles. The van der Waals surface area contributed by atoms with E-state index in [1.165, 1.54) is 12.1 Å². The highest BCUT2D eigenvalue weighted by molar-refractivity contribution is 5.93. The van der Waals surface area contributed by atoms with Gasteiger partial charge in [0.1, 0.15) is 11.4 Å². The summed E-state index contributed by atoms with van der Waals surface area (Å²) >= 11 is 0. The Morgan fingerprint density at radius 2 is 1.88 bits per heavy atom. The number of nitrogens with one attached hydrogen (secondary N) is 2. The number of H-pyrrole nitrogens is 1. The number of hydrogen-bond donors (Lipinski definition) is 2. The van der Waals surface area contributed by atoms with Crippen molar-refractivity contribution >= 4 is 11.8 Å². The van der Waals surface area contributed by atoms with Crippen molar-refractivity contribution in [2.24, 2.45) is 5.41 Å². The van der Waals surface area contributed by atoms with Gasteiger partial charge in [0.2, 0.25) is 5.91 Å². The summed E-state index contributed by atoms with van der Waals surface area (Å²) in [6.07, 6.45) is 1.04. The van der Waals surface area contributed by atoms with Crippen LogP contribution in [0.2, 0.25) is 0 Å². The molecular formula is C25H26N4O4. The minimum Gasteiger partial charge on any atom is -0.496 e. The van der Waals surface area contributed by atoms with Crippen LogP contribution < -0.4 is 15.6 Å². The van der Waals surface area contributed by atoms with Crippen molar-refractivity contribution in [3.05, 3.63) is 82.3 Å². The summed E-state index contributed by atoms with van der Waals surface area (Å²) in [5, 5.41) is 8.89. The number of methoxy groups -OCH3 is 1. The molecule has 1 saturated heterocycles. The van der Waals surface area contributed by atoms with E-state index >= 15 is 0 Å². The number of carbonyl (C=O) groups excluding carboxylic acids is 2. The highest BCUT2D eigenvalue weighted by atomic mass is 16.5. The van der Waals surface area contributed by atoms with Gasteiger partial charge in [-0.3, -0.25) is 14.4 Å². The lowest BCUT2D eigenvalue weighted by Gasteiger charge is -2.27. The second-order valence-corrected chi connectivity index (χ2v) is 8.22. The lowest BCUT2D eigenvalue weighted by Crippen LogP contribution is -2.44. The first kappa shape index (κ1) is 22.3. The van der Waals surface area contributed by atoms with Gasteiger partial charge >= 0.3 is 0 Å². The Kier molecular flexibility index (Phi) is 6.26. The van der Waals surface area contributed by atoms with E-state index in [1.807, 2.05) is 48.5 Å². The minimum atomic E-state index is -0.738. The highest BCUT2D eigenvalue weighted by Crippen LogP contribution is 2.36. The van der Waals surface area contributed by atoms with Crippen molar-refractivity contribution in [2.75, 3.05) is 27.2 Å². The Morgan fingerprint density at radius 3 is 2.55 bits per heavy atom. The van der Waals surface area contributed by atoms with Gasteiger partial charge < -0.3 is 15.0 Å². The van der Waals surface area contributed by atoms with Crippen LogP contribution in [0.3, 0.4) is 0 Å². The molecule has 170 valence electrons. The molecule has 1 fully saturated rings. The Bertz CT molecular complexity index is 1200. The van der Waals surface area contributed by atoms with Crippen LogP contribution in [-0.2, 0) is 11.2 Å². The average Bonchev–Trinajstić information content (AvgIpc) is 3.29. The standard InChI is InChI=1S/C25H26N4O4/c1-26-24(32)25(13-14-29(16-25)23(31)20-11-12-22(30)28-27-20)15-17-7-9-18(10-8-17)19-5-3-4-6-21(19)33-2/h3-12H,13-16H2,1-2H3,(H,26,32)(H,28,30)/t25-/m0/s1. The topological polar surface area (TPSA) is 104 Å². The molecule has 1 aliphatic rings. The van der Waals surface area contributed by atoms with Gasteiger partial charge in [-0.1, -0.05) is 42.5 Å². The summed E-state index contributed by atoms with van der Waals surface area (Å²) in [7, 11) is 3.26. The largest absolute Gasteiger partial charge is 0.496 e. The van der Waals surface area contributed by atoms with Gasteiger partial charge in [0.15, 0.2) is 0 Å². The van der Waals surface area contributed by atoms with Crippen LogP contribution in [0.5, 0.6) is 5.75 Å². The normalized spacial score (nSPS) is 17.6. The summed E-state index contributed by atoms with van der Waals surface area (Å²) in [5.41, 5.74) is 2.08. The number of para-hydroxylation sites is 1. The molecule has 1 atom stereocenters. The Balaban J connectivity index is 1.55. The lowest BCUT2D eigenvalue weighted by molar-refractivity contribution is -0.129. The predicted octanol–water partition coefficient (Wildman–Crippen LogP) is 2.27. The summed E-state index contributed by atoms with van der Waals surface area (Å²) in [6, 6.07) is 18.6. The van der Waals surface area contributed by atoms with Crippen LogP contribution in [0.1, 0.15) is 22.5 Å². The number of likely N-dealkylation sites (tertiary alicyclic amines) is 1. The molecule has 1 aromatic heterocycles. The van der Waals surface area contributed by atoms with Crippen molar-refractivity contribution in [1.29, 1.82) is 0 Å². The molecule has 4 rings (SSSR count). The minimum absolute atomic E-state index is 0.0963. The second kappa shape index (κ2) is 9.28. The third kappa shape index (κ3) is 4.50. The number of nitrogens with zero attached hydrogens (tertiary/aromatic N) is 2. The molecular weight excluding hydrogens is 420 g/mol. The fourth-order valence-corrected chi connectivity index (χ4v) is 4.42. The third-order valence-corrected chi connectivity index (χ3v) is 6.16. The van der Waals surface area contributed by atoms with E-state index in [0.717, 1.165) is 22.4 Å². The first-order valence-electron chi connectivity index (χ1n) is 10.8. The van der Waals surface area contributed by atoms with Crippen molar-refractivity contribution in [3.63, 3.8) is 0 Å². The summed E-state index contributed by atoms with van der Waals surface area (Å²) in [5.74, 6) is 0.400. The van der Waals surface area contributed by atoms with E-state index in [4.69, 9.17) is 4.74 Å². The van der Waals surface area contributed by atoms with Crippen molar-refractivity contribution < 1.29 is 14.3 Å². The molecule has 1 aliphatic heterocycles. The van der Waals surface area contributed by atoms with Gasteiger partial charge in [-0.15, -0.1) is 0 Å². The maximum absolute atomic E-state index is 12.9. The lowest BCUT2D eigenvalue weighted by atomic mass is 9.79. The molecule has 0 aliphatic carbocycles. The Morgan fingerprint density at radius 1 is 1.12 bits per heavy atom. The third-order valence-electron chi connectivity index (χ3n) is 6.16. The zero-order chi connectivity index (χ0) is 23.4. The molecule has 3 aromatic rings. The second-order valence-electron chi connectivity index (χ2n) is 8.22. The monoisotopic (exact) mass is 446 g/mol. The quantitative estimate of drug-likeness (QED) is 0.605. The van der Waals surface area contributed by atoms with Crippen molar-refractivity contribution in [3.8, 4) is 16.9 Å². The molecule has 0 unspecified atom stereocenters. The van der Waals surface area contributed by atoms with Crippen molar-refractivity contribution in [1.82, 2.24) is 20.4 Å². The molecule has 2 N–H and O–H groups in total. The Labute approximate surface area is 191 Å². The van der Waals surface area contributed by atoms with Crippen LogP contribution in [0, 0.1) is 5.41 Å². The van der Waals surface area contributed by atoms with Gasteiger partial charge in [-0.25, -0.2) is 5.10 Å². The van der Waals surface area contributed by atoms with Crippen LogP contribution in [0.4, 0.5) is 0 Å². The first-order valence-corrected chi connectivity index (χ1v) is 10.8. The summed E-state index contributed by atoms with van der Waals surface area (Å²) < 4.78 is 5.46. The van der Waals surface area contributed by atoms with Crippen LogP contribution in [0.15, 0.2) is 65.5 Å². The number of hydrogen-bond acceptors (Lipinski definition) is 5. The molecule has 0 bridgehead atoms. The maximum Gasteiger partial charge on any atom is 0.274 e. The van der Waals surface area contributed by atoms with E-state index in [-0.39, 0.29) is 29.6 Å². The molecule has 8 nitrogen and oxygen atoms in total. The number of ether oxygens (including phenoxy) is 1. The summed E-state index contributed by atoms with van der Waals surface area (Å²) in [4.78, 5) is 38.7. The van der Waals surface area contributed by atoms with E-state index in [9.17, 15) is 14.4 Å². The van der Waals surface area contributed by atoms with E-state index in [0.29, 0.717) is 19.4 Å². The number of aromatic nitrogens is 2. The van der Waals surface area contributed by atoms with Gasteiger partial charge in [0, 0.05) is 31.8 Å². The SMILES string of the molecule is CNC(=O)[C@]1(Cc2ccc(-c3ccccc3OC)cc2)CCN(C(=O)c2ccc(=O)[nH]n2)C1. The zero-order valence-electron chi connectivity index (χ0n) is 18.6. The fraction of sp³-hybridized carbons (Fsp3) is 0.280. The molecule has 2 amide bonds. The number of benzene rings is 2. The van der Waals surface area contributed by atoms with Crippen molar-refractivity contribution in [2.45, 2.75) is 12.8 Å². The van der Waals surface area contributed by atoms with Crippen LogP contribution >= 0.6 is 0 Å². The highest BCUT2D eigenvalue weighted by Gasteiger charge is 2.45. The Hall–Kier alpha value is -3.94. The van der Waals surface area contributed by atoms with Crippen LogP contribution in [0.25, 0.3) is 11.1 Å². The number of aromatic amines is 1. The van der Waals surface area contributed by atoms with E-state index in [2.05, 4.69) is 15.5 Å². The van der Waals surface area contributed by atoms with Gasteiger partial charge in [0.25, 0.3) is 11.5 Å². The number of rotatable bonds is 6. The fourth-order valence-electron chi connectivity index (χ4n) is 4.42. The van der Waals surface area contributed by atoms with Crippen LogP contribution in [-0.4, -0.2) is 54.2 Å². The first-order chi connectivity index (χ1) is 16.0. The van der Waals surface area contributed by atoms with E-state index < -0.39 is 5.41 Å². The molecule has 0 radical (unpaired) electrons. The maximum atomic E-state index is 12.9. The van der Waals surface area contributed by atoms with E-state index in [1.54, 1.807) is 19.1 Å². The molecule has 33 heavy (non-hydrogen) atoms. The number of carbonyl (C=O) groups is 2. The molecule has 2 heterocycles. The number of amides is 2. The molecule has 8 heteroatoms. The summed E-state index contributed by atoms with van der Waals surface area (Å²) in [6.45, 7) is 0.715. The smallest absolute Gasteiger partial charge is 0.274 e. The van der Waals surface area contributed by atoms with Gasteiger partial charge in [-0.2, -0.15) is 5.10 Å².